The van der Waals surface area contributed by atoms with Gasteiger partial charge < -0.3 is 4.74 Å². The molecule has 0 aromatic heterocycles. The maximum absolute atomic E-state index is 12.9. The number of Topliss-reactive ketones (excluding diaryl/α,β-unsaturated/α-hetero) is 1. The molecule has 158 valence electrons. The summed E-state index contributed by atoms with van der Waals surface area (Å²) in [4.78, 5) is 51.7. The van der Waals surface area contributed by atoms with Crippen molar-refractivity contribution in [1.82, 2.24) is 0 Å². The van der Waals surface area contributed by atoms with E-state index in [0.717, 1.165) is 4.90 Å². The highest BCUT2D eigenvalue weighted by Crippen LogP contribution is 2.40. The zero-order chi connectivity index (χ0) is 22.1. The van der Waals surface area contributed by atoms with Crippen molar-refractivity contribution in [1.29, 1.82) is 0 Å². The average molecular weight is 438 g/mol. The Balaban J connectivity index is 1.47. The third-order valence-corrected chi connectivity index (χ3v) is 5.97. The molecule has 2 amide bonds. The van der Waals surface area contributed by atoms with E-state index in [1.807, 2.05) is 19.1 Å². The lowest BCUT2D eigenvalue weighted by atomic mass is 9.78. The smallest absolute Gasteiger partial charge is 0.338 e. The number of allylic oxidation sites excluding steroid dienone is 2. The van der Waals surface area contributed by atoms with Crippen LogP contribution in [0.4, 0.5) is 5.69 Å². The summed E-state index contributed by atoms with van der Waals surface area (Å²) in [5.74, 6) is -2.37. The number of nitrogens with zero attached hydrogens (tertiary/aromatic N) is 1. The van der Waals surface area contributed by atoms with E-state index in [0.29, 0.717) is 22.7 Å². The molecule has 0 N–H and O–H groups in total. The molecular weight excluding hydrogens is 418 g/mol. The molecule has 2 aromatic carbocycles. The number of ether oxygens (including phenoxy) is 1. The number of imide groups is 1. The molecule has 1 fully saturated rings. The van der Waals surface area contributed by atoms with E-state index < -0.39 is 12.6 Å². The third kappa shape index (κ3) is 4.03. The lowest BCUT2D eigenvalue weighted by Crippen LogP contribution is -2.31. The average Bonchev–Trinajstić information content (AvgIpc) is 3.03. The number of amides is 2. The van der Waals surface area contributed by atoms with E-state index in [1.165, 1.54) is 12.1 Å². The standard InChI is InChI=1S/C24H20ClNO5/c1-14-4-2-7-19-21(14)23(29)26(22(19)28)18-6-3-5-16(12-18)24(30)31-13-20(27)15-8-10-17(25)11-9-15/h2-6,8-12,14,19,21H,7,13H2,1H3/t14-,19+,21-/m1/s1. The molecule has 6 nitrogen and oxygen atoms in total. The second kappa shape index (κ2) is 8.47. The van der Waals surface area contributed by atoms with Crippen molar-refractivity contribution in [3.05, 3.63) is 76.8 Å². The number of hydrogen-bond donors (Lipinski definition) is 0. The highest BCUT2D eigenvalue weighted by atomic mass is 35.5. The number of anilines is 1. The van der Waals surface area contributed by atoms with E-state index in [4.69, 9.17) is 16.3 Å². The number of fused-ring (bicyclic) bond motifs is 1. The van der Waals surface area contributed by atoms with E-state index in [-0.39, 0.29) is 40.9 Å². The fraction of sp³-hybridized carbons (Fsp3) is 0.250. The maximum atomic E-state index is 12.9. The van der Waals surface area contributed by atoms with Gasteiger partial charge in [0.15, 0.2) is 12.4 Å². The van der Waals surface area contributed by atoms with Crippen LogP contribution in [-0.4, -0.2) is 30.2 Å². The molecule has 0 saturated carbocycles. The van der Waals surface area contributed by atoms with Crippen LogP contribution < -0.4 is 4.90 Å². The summed E-state index contributed by atoms with van der Waals surface area (Å²) in [5.41, 5.74) is 0.864. The van der Waals surface area contributed by atoms with Crippen molar-refractivity contribution in [2.75, 3.05) is 11.5 Å². The largest absolute Gasteiger partial charge is 0.454 e. The SMILES string of the molecule is C[C@@H]1C=CC[C@@H]2C(=O)N(c3cccc(C(=O)OCC(=O)c4ccc(Cl)cc4)c3)C(=O)[C@H]12. The summed E-state index contributed by atoms with van der Waals surface area (Å²) in [6.45, 7) is 1.49. The summed E-state index contributed by atoms with van der Waals surface area (Å²) in [5, 5.41) is 0.501. The molecule has 7 heteroatoms. The normalized spacial score (nSPS) is 22.4. The van der Waals surface area contributed by atoms with E-state index >= 15 is 0 Å². The number of carbonyl (C=O) groups is 4. The van der Waals surface area contributed by atoms with E-state index in [9.17, 15) is 19.2 Å². The molecule has 0 bridgehead atoms. The molecule has 3 atom stereocenters. The van der Waals surface area contributed by atoms with Crippen LogP contribution >= 0.6 is 11.6 Å². The van der Waals surface area contributed by atoms with Crippen LogP contribution in [0.3, 0.4) is 0 Å². The van der Waals surface area contributed by atoms with Crippen LogP contribution in [0.15, 0.2) is 60.7 Å². The molecule has 1 heterocycles. The minimum Gasteiger partial charge on any atom is -0.454 e. The van der Waals surface area contributed by atoms with Crippen molar-refractivity contribution in [2.45, 2.75) is 13.3 Å². The number of ketones is 1. The van der Waals surface area contributed by atoms with Gasteiger partial charge in [0.25, 0.3) is 0 Å². The third-order valence-electron chi connectivity index (χ3n) is 5.71. The summed E-state index contributed by atoms with van der Waals surface area (Å²) >= 11 is 5.81. The summed E-state index contributed by atoms with van der Waals surface area (Å²) in [6.07, 6.45) is 4.43. The van der Waals surface area contributed by atoms with Gasteiger partial charge in [-0.3, -0.25) is 19.3 Å². The van der Waals surface area contributed by atoms with Crippen LogP contribution in [-0.2, 0) is 14.3 Å². The zero-order valence-corrected chi connectivity index (χ0v) is 17.5. The number of hydrogen-bond acceptors (Lipinski definition) is 5. The van der Waals surface area contributed by atoms with Gasteiger partial charge in [-0.15, -0.1) is 0 Å². The van der Waals surface area contributed by atoms with Crippen molar-refractivity contribution in [3.63, 3.8) is 0 Å². The Morgan fingerprint density at radius 1 is 1.06 bits per heavy atom. The van der Waals surface area contributed by atoms with Gasteiger partial charge in [-0.2, -0.15) is 0 Å². The molecule has 4 rings (SSSR count). The Bertz CT molecular complexity index is 1090. The van der Waals surface area contributed by atoms with Crippen molar-refractivity contribution in [3.8, 4) is 0 Å². The van der Waals surface area contributed by atoms with Gasteiger partial charge in [-0.25, -0.2) is 4.79 Å². The molecule has 0 unspecified atom stereocenters. The highest BCUT2D eigenvalue weighted by Gasteiger charge is 2.50. The number of rotatable bonds is 5. The molecule has 31 heavy (non-hydrogen) atoms. The highest BCUT2D eigenvalue weighted by molar-refractivity contribution is 6.30. The van der Waals surface area contributed by atoms with Gasteiger partial charge in [-0.1, -0.05) is 36.7 Å². The molecule has 2 aromatic rings. The van der Waals surface area contributed by atoms with Crippen LogP contribution in [0.2, 0.25) is 5.02 Å². The minimum atomic E-state index is -0.712. The molecule has 2 aliphatic rings. The van der Waals surface area contributed by atoms with Gasteiger partial charge in [0.2, 0.25) is 11.8 Å². The van der Waals surface area contributed by atoms with Gasteiger partial charge >= 0.3 is 5.97 Å². The second-order valence-corrected chi connectivity index (χ2v) is 8.16. The first kappa shape index (κ1) is 21.0. The molecule has 1 aliphatic heterocycles. The monoisotopic (exact) mass is 437 g/mol. The lowest BCUT2D eigenvalue weighted by Gasteiger charge is -2.22. The zero-order valence-electron chi connectivity index (χ0n) is 16.8. The minimum absolute atomic E-state index is 0.0211. The lowest BCUT2D eigenvalue weighted by molar-refractivity contribution is -0.122. The second-order valence-electron chi connectivity index (χ2n) is 7.72. The molecular formula is C24H20ClNO5. The first-order chi connectivity index (χ1) is 14.9. The van der Waals surface area contributed by atoms with E-state index in [1.54, 1.807) is 36.4 Å². The van der Waals surface area contributed by atoms with Crippen LogP contribution in [0.1, 0.15) is 34.1 Å². The topological polar surface area (TPSA) is 80.8 Å². The molecule has 1 saturated heterocycles. The molecule has 0 spiro atoms. The number of carbonyl (C=O) groups excluding carboxylic acids is 4. The number of benzene rings is 2. The first-order valence-corrected chi connectivity index (χ1v) is 10.3. The Morgan fingerprint density at radius 2 is 1.81 bits per heavy atom. The van der Waals surface area contributed by atoms with Crippen molar-refractivity contribution in [2.24, 2.45) is 17.8 Å². The van der Waals surface area contributed by atoms with Gasteiger partial charge in [-0.05, 0) is 54.8 Å². The number of esters is 1. The Kier molecular flexibility index (Phi) is 5.74. The van der Waals surface area contributed by atoms with Gasteiger partial charge in [0.1, 0.15) is 0 Å². The fourth-order valence-corrected chi connectivity index (χ4v) is 4.23. The van der Waals surface area contributed by atoms with Crippen LogP contribution in [0.5, 0.6) is 0 Å². The van der Waals surface area contributed by atoms with Crippen LogP contribution in [0, 0.1) is 17.8 Å². The fourth-order valence-electron chi connectivity index (χ4n) is 4.11. The number of halogens is 1. The van der Waals surface area contributed by atoms with Gasteiger partial charge in [0, 0.05) is 10.6 Å². The van der Waals surface area contributed by atoms with Gasteiger partial charge in [0.05, 0.1) is 23.1 Å². The van der Waals surface area contributed by atoms with Crippen molar-refractivity contribution < 1.29 is 23.9 Å². The first-order valence-electron chi connectivity index (χ1n) is 9.97. The predicted octanol–water partition coefficient (Wildman–Crippen LogP) is 4.08. The Hall–Kier alpha value is -3.25. The Labute approximate surface area is 184 Å². The molecule has 1 aliphatic carbocycles. The summed E-state index contributed by atoms with van der Waals surface area (Å²) in [6, 6.07) is 12.4. The summed E-state index contributed by atoms with van der Waals surface area (Å²) < 4.78 is 5.14. The van der Waals surface area contributed by atoms with Crippen molar-refractivity contribution >= 4 is 40.9 Å². The maximum Gasteiger partial charge on any atom is 0.338 e. The predicted molar refractivity (Wildman–Crippen MR) is 115 cm³/mol. The Morgan fingerprint density at radius 3 is 2.52 bits per heavy atom. The van der Waals surface area contributed by atoms with E-state index in [2.05, 4.69) is 0 Å². The molecule has 0 radical (unpaired) electrons. The van der Waals surface area contributed by atoms with Crippen LogP contribution in [0.25, 0.3) is 0 Å². The quantitative estimate of drug-likeness (QED) is 0.305. The summed E-state index contributed by atoms with van der Waals surface area (Å²) in [7, 11) is 0.